The van der Waals surface area contributed by atoms with Crippen molar-refractivity contribution in [3.63, 3.8) is 0 Å². The number of aromatic nitrogens is 3. The first-order chi connectivity index (χ1) is 26.5. The molecular weight excluding hydrogens is 659 g/mol. The molecule has 4 heteroatoms. The van der Waals surface area contributed by atoms with Crippen LogP contribution >= 0.6 is 0 Å². The zero-order valence-electron chi connectivity index (χ0n) is 30.0. The van der Waals surface area contributed by atoms with E-state index in [4.69, 9.17) is 19.7 Å². The van der Waals surface area contributed by atoms with Gasteiger partial charge in [-0.3, -0.25) is 0 Å². The number of rotatable bonds is 5. The molecule has 10 rings (SSSR count). The Morgan fingerprint density at radius 3 is 1.41 bits per heavy atom. The molecule has 256 valence electrons. The number of para-hydroxylation sites is 1. The summed E-state index contributed by atoms with van der Waals surface area (Å²) >= 11 is 0. The lowest BCUT2D eigenvalue weighted by atomic mass is 9.75. The summed E-state index contributed by atoms with van der Waals surface area (Å²) in [6.07, 6.45) is 0. The smallest absolute Gasteiger partial charge is 0.164 e. The molecule has 1 aliphatic rings. The third kappa shape index (κ3) is 5.26. The van der Waals surface area contributed by atoms with E-state index in [1.54, 1.807) is 0 Å². The van der Waals surface area contributed by atoms with Gasteiger partial charge in [0.1, 0.15) is 11.5 Å². The van der Waals surface area contributed by atoms with Gasteiger partial charge >= 0.3 is 0 Å². The second-order valence-corrected chi connectivity index (χ2v) is 14.4. The number of fused-ring (bicyclic) bond motifs is 4. The van der Waals surface area contributed by atoms with E-state index in [-0.39, 0.29) is 5.41 Å². The first-order valence-electron chi connectivity index (χ1n) is 18.4. The van der Waals surface area contributed by atoms with E-state index >= 15 is 0 Å². The van der Waals surface area contributed by atoms with E-state index < -0.39 is 0 Å². The van der Waals surface area contributed by atoms with Crippen LogP contribution < -0.4 is 4.74 Å². The summed E-state index contributed by atoms with van der Waals surface area (Å²) in [5.74, 6) is 3.79. The van der Waals surface area contributed by atoms with E-state index in [0.29, 0.717) is 17.5 Å². The molecule has 1 aromatic heterocycles. The van der Waals surface area contributed by atoms with Crippen LogP contribution in [0, 0.1) is 0 Å². The molecule has 1 aliphatic heterocycles. The Kier molecular flexibility index (Phi) is 7.44. The van der Waals surface area contributed by atoms with Crippen LogP contribution in [-0.2, 0) is 5.41 Å². The lowest BCUT2D eigenvalue weighted by Gasteiger charge is -2.34. The van der Waals surface area contributed by atoms with Gasteiger partial charge in [-0.2, -0.15) is 0 Å². The molecule has 0 amide bonds. The molecule has 0 saturated heterocycles. The van der Waals surface area contributed by atoms with E-state index in [2.05, 4.69) is 123 Å². The zero-order chi connectivity index (χ0) is 36.2. The number of benzene rings is 8. The molecule has 8 aromatic carbocycles. The Morgan fingerprint density at radius 2 is 0.796 bits per heavy atom. The van der Waals surface area contributed by atoms with E-state index in [1.807, 2.05) is 66.7 Å². The zero-order valence-corrected chi connectivity index (χ0v) is 30.0. The Labute approximate surface area is 314 Å². The third-order valence-corrected chi connectivity index (χ3v) is 10.8. The fourth-order valence-electron chi connectivity index (χ4n) is 8.05. The number of nitrogens with zero attached hydrogens (tertiary/aromatic N) is 3. The number of hydrogen-bond acceptors (Lipinski definition) is 4. The molecule has 0 saturated carbocycles. The summed E-state index contributed by atoms with van der Waals surface area (Å²) in [6.45, 7) is 4.57. The summed E-state index contributed by atoms with van der Waals surface area (Å²) in [7, 11) is 0. The van der Waals surface area contributed by atoms with E-state index in [1.165, 1.54) is 38.6 Å². The molecule has 9 aromatic rings. The Bertz CT molecular complexity index is 2820. The minimum Gasteiger partial charge on any atom is -0.457 e. The topological polar surface area (TPSA) is 47.9 Å². The van der Waals surface area contributed by atoms with Crippen molar-refractivity contribution in [3.05, 3.63) is 187 Å². The minimum atomic E-state index is -0.196. The standard InChI is InChI=1S/C50H35N3O/c1-50(2)43-23-13-14-24-45(43)54-46-30-25-34(31-44(46)50)35-26-27-40(37-20-10-9-19-36(35)37)41-28-29-42(39-22-12-11-21-38(39)41)49-52-47(32-15-5-3-6-16-32)51-48(53-49)33-17-7-4-8-18-33/h3-31H,1-2H3. The highest BCUT2D eigenvalue weighted by molar-refractivity contribution is 6.12. The molecular formula is C50H35N3O. The SMILES string of the molecule is CC1(C)c2ccccc2Oc2ccc(-c3ccc(-c4ccc(-c5nc(-c6ccccc6)nc(-c6ccccc6)n5)c5ccccc45)c4ccccc34)cc21. The molecule has 0 fully saturated rings. The molecule has 0 atom stereocenters. The summed E-state index contributed by atoms with van der Waals surface area (Å²) in [5.41, 5.74) is 9.77. The van der Waals surface area contributed by atoms with Crippen LogP contribution in [0.4, 0.5) is 0 Å². The van der Waals surface area contributed by atoms with Crippen LogP contribution in [0.5, 0.6) is 11.5 Å². The molecule has 0 bridgehead atoms. The maximum absolute atomic E-state index is 6.40. The van der Waals surface area contributed by atoms with Gasteiger partial charge in [-0.15, -0.1) is 0 Å². The van der Waals surface area contributed by atoms with Gasteiger partial charge in [0.25, 0.3) is 0 Å². The van der Waals surface area contributed by atoms with Gasteiger partial charge in [0, 0.05) is 33.2 Å². The average Bonchev–Trinajstić information content (AvgIpc) is 3.23. The van der Waals surface area contributed by atoms with Crippen LogP contribution in [0.25, 0.3) is 78.0 Å². The Morgan fingerprint density at radius 1 is 0.352 bits per heavy atom. The summed E-state index contributed by atoms with van der Waals surface area (Å²) < 4.78 is 6.40. The van der Waals surface area contributed by atoms with Gasteiger partial charge in [-0.05, 0) is 68.1 Å². The quantitative estimate of drug-likeness (QED) is 0.180. The number of ether oxygens (including phenoxy) is 1. The van der Waals surface area contributed by atoms with Gasteiger partial charge < -0.3 is 4.74 Å². The maximum atomic E-state index is 6.40. The average molecular weight is 694 g/mol. The first kappa shape index (κ1) is 31.8. The lowest BCUT2D eigenvalue weighted by molar-refractivity contribution is 0.418. The molecule has 0 spiro atoms. The van der Waals surface area contributed by atoms with Gasteiger partial charge in [0.05, 0.1) is 0 Å². The van der Waals surface area contributed by atoms with Crippen molar-refractivity contribution in [1.82, 2.24) is 15.0 Å². The second-order valence-electron chi connectivity index (χ2n) is 14.4. The molecule has 4 nitrogen and oxygen atoms in total. The molecule has 0 N–H and O–H groups in total. The van der Waals surface area contributed by atoms with Crippen molar-refractivity contribution >= 4 is 21.5 Å². The highest BCUT2D eigenvalue weighted by Gasteiger charge is 2.34. The maximum Gasteiger partial charge on any atom is 0.164 e. The van der Waals surface area contributed by atoms with Crippen LogP contribution in [-0.4, -0.2) is 15.0 Å². The summed E-state index contributed by atoms with van der Waals surface area (Å²) in [6, 6.07) is 61.5. The minimum absolute atomic E-state index is 0.196. The monoisotopic (exact) mass is 693 g/mol. The van der Waals surface area contributed by atoms with Crippen molar-refractivity contribution in [3.8, 4) is 67.9 Å². The molecule has 0 unspecified atom stereocenters. The number of hydrogen-bond donors (Lipinski definition) is 0. The fourth-order valence-corrected chi connectivity index (χ4v) is 8.05. The van der Waals surface area contributed by atoms with Crippen LogP contribution in [0.3, 0.4) is 0 Å². The van der Waals surface area contributed by atoms with Crippen LogP contribution in [0.1, 0.15) is 25.0 Å². The molecule has 0 radical (unpaired) electrons. The fraction of sp³-hybridized carbons (Fsp3) is 0.0600. The van der Waals surface area contributed by atoms with Crippen molar-refractivity contribution in [2.75, 3.05) is 0 Å². The molecule has 2 heterocycles. The predicted octanol–water partition coefficient (Wildman–Crippen LogP) is 12.9. The highest BCUT2D eigenvalue weighted by Crippen LogP contribution is 2.49. The van der Waals surface area contributed by atoms with Gasteiger partial charge in [0.2, 0.25) is 0 Å². The van der Waals surface area contributed by atoms with Crippen molar-refractivity contribution in [2.45, 2.75) is 19.3 Å². The van der Waals surface area contributed by atoms with Gasteiger partial charge in [-0.25, -0.2) is 15.0 Å². The third-order valence-electron chi connectivity index (χ3n) is 10.8. The largest absolute Gasteiger partial charge is 0.457 e. The Balaban J connectivity index is 1.11. The normalized spacial score (nSPS) is 12.9. The van der Waals surface area contributed by atoms with E-state index in [0.717, 1.165) is 44.5 Å². The van der Waals surface area contributed by atoms with Crippen molar-refractivity contribution < 1.29 is 4.74 Å². The van der Waals surface area contributed by atoms with E-state index in [9.17, 15) is 0 Å². The summed E-state index contributed by atoms with van der Waals surface area (Å²) in [5, 5.41) is 4.63. The first-order valence-corrected chi connectivity index (χ1v) is 18.4. The highest BCUT2D eigenvalue weighted by atomic mass is 16.5. The Hall–Kier alpha value is -6.91. The van der Waals surface area contributed by atoms with Gasteiger partial charge in [-0.1, -0.05) is 166 Å². The van der Waals surface area contributed by atoms with Crippen molar-refractivity contribution in [2.24, 2.45) is 0 Å². The summed E-state index contributed by atoms with van der Waals surface area (Å²) in [4.78, 5) is 15.1. The molecule has 54 heavy (non-hydrogen) atoms. The predicted molar refractivity (Wildman–Crippen MR) is 221 cm³/mol. The van der Waals surface area contributed by atoms with Crippen LogP contribution in [0.15, 0.2) is 176 Å². The lowest BCUT2D eigenvalue weighted by Crippen LogP contribution is -2.24. The van der Waals surface area contributed by atoms with Gasteiger partial charge in [0.15, 0.2) is 17.5 Å². The van der Waals surface area contributed by atoms with Crippen LogP contribution in [0.2, 0.25) is 0 Å². The second kappa shape index (κ2) is 12.6. The molecule has 0 aliphatic carbocycles. The van der Waals surface area contributed by atoms with Crippen molar-refractivity contribution in [1.29, 1.82) is 0 Å².